The van der Waals surface area contributed by atoms with Crippen molar-refractivity contribution in [1.82, 2.24) is 5.32 Å². The molecule has 6 nitrogen and oxygen atoms in total. The summed E-state index contributed by atoms with van der Waals surface area (Å²) in [7, 11) is 0. The van der Waals surface area contributed by atoms with Gasteiger partial charge in [0.1, 0.15) is 6.10 Å². The van der Waals surface area contributed by atoms with Crippen LogP contribution < -0.4 is 5.32 Å². The zero-order valence-electron chi connectivity index (χ0n) is 40.9. The van der Waals surface area contributed by atoms with Crippen LogP contribution in [-0.2, 0) is 14.3 Å². The predicted molar refractivity (Wildman–Crippen MR) is 273 cm³/mol. The molecule has 6 heteroatoms. The molecule has 0 bridgehead atoms. The van der Waals surface area contributed by atoms with E-state index in [9.17, 15) is 19.8 Å². The average molecular weight is 876 g/mol. The van der Waals surface area contributed by atoms with Gasteiger partial charge < -0.3 is 20.3 Å². The fourth-order valence-corrected chi connectivity index (χ4v) is 7.24. The first kappa shape index (κ1) is 59.8. The number of aliphatic hydroxyl groups excluding tert-OH is 2. The number of ether oxygens (including phenoxy) is 1. The van der Waals surface area contributed by atoms with Gasteiger partial charge in [0, 0.05) is 6.42 Å². The van der Waals surface area contributed by atoms with Crippen LogP contribution >= 0.6 is 0 Å². The zero-order chi connectivity index (χ0) is 45.9. The highest BCUT2D eigenvalue weighted by atomic mass is 16.5. The molecule has 0 spiro atoms. The van der Waals surface area contributed by atoms with E-state index in [1.165, 1.54) is 96.3 Å². The molecular weight excluding hydrogens is 779 g/mol. The molecule has 0 fully saturated rings. The highest BCUT2D eigenvalue weighted by Crippen LogP contribution is 2.15. The second kappa shape index (κ2) is 49.8. The normalized spacial score (nSPS) is 14.0. The van der Waals surface area contributed by atoms with Crippen LogP contribution in [0.3, 0.4) is 0 Å². The Bertz CT molecular complexity index is 1260. The largest absolute Gasteiger partial charge is 0.458 e. The maximum atomic E-state index is 13.2. The molecule has 0 aromatic carbocycles. The molecule has 3 unspecified atom stereocenters. The molecule has 0 saturated carbocycles. The number of amides is 1. The van der Waals surface area contributed by atoms with Gasteiger partial charge in [-0.2, -0.15) is 0 Å². The molecule has 0 saturated heterocycles. The van der Waals surface area contributed by atoms with Gasteiger partial charge in [0.05, 0.1) is 25.2 Å². The Kier molecular flexibility index (Phi) is 47.2. The zero-order valence-corrected chi connectivity index (χ0v) is 40.9. The molecule has 1 amide bonds. The van der Waals surface area contributed by atoms with Gasteiger partial charge in [-0.1, -0.05) is 227 Å². The predicted octanol–water partition coefficient (Wildman–Crippen LogP) is 15.7. The van der Waals surface area contributed by atoms with Crippen LogP contribution in [0, 0.1) is 0 Å². The summed E-state index contributed by atoms with van der Waals surface area (Å²) in [4.78, 5) is 26.1. The summed E-state index contributed by atoms with van der Waals surface area (Å²) in [5.41, 5.74) is 0. The molecule has 63 heavy (non-hydrogen) atoms. The fourth-order valence-electron chi connectivity index (χ4n) is 7.24. The van der Waals surface area contributed by atoms with Crippen molar-refractivity contribution in [2.75, 3.05) is 6.61 Å². The molecule has 0 rings (SSSR count). The molecular formula is C57H97NO5. The minimum atomic E-state index is -0.826. The number of nitrogens with one attached hydrogen (secondary N) is 1. The summed E-state index contributed by atoms with van der Waals surface area (Å²) in [6.45, 7) is 6.29. The van der Waals surface area contributed by atoms with E-state index in [2.05, 4.69) is 111 Å². The van der Waals surface area contributed by atoms with E-state index in [1.54, 1.807) is 6.08 Å². The monoisotopic (exact) mass is 876 g/mol. The van der Waals surface area contributed by atoms with E-state index < -0.39 is 18.2 Å². The maximum absolute atomic E-state index is 13.2. The van der Waals surface area contributed by atoms with Crippen LogP contribution in [-0.4, -0.2) is 46.9 Å². The van der Waals surface area contributed by atoms with Crippen molar-refractivity contribution in [1.29, 1.82) is 0 Å². The van der Waals surface area contributed by atoms with Gasteiger partial charge in [-0.05, 0) is 83.1 Å². The lowest BCUT2D eigenvalue weighted by Gasteiger charge is -2.23. The Morgan fingerprint density at radius 1 is 0.508 bits per heavy atom. The SMILES string of the molecule is CC/C=C\C/C=C\C/C=C\C/C=C\C/C=C\C/C=C\C(CC(=O)NC(CO)C(O)CCCCCCCCCCCCCC)OC(=O)CCCCCCCC/C=C/C=C/CCCCC. The highest BCUT2D eigenvalue weighted by molar-refractivity contribution is 5.78. The van der Waals surface area contributed by atoms with E-state index in [-0.39, 0.29) is 24.9 Å². The molecule has 0 aliphatic rings. The van der Waals surface area contributed by atoms with Crippen molar-refractivity contribution in [3.63, 3.8) is 0 Å². The number of carbonyl (C=O) groups excluding carboxylic acids is 2. The van der Waals surface area contributed by atoms with Gasteiger partial charge in [-0.15, -0.1) is 0 Å². The minimum Gasteiger partial charge on any atom is -0.458 e. The number of hydrogen-bond acceptors (Lipinski definition) is 5. The molecule has 0 aliphatic carbocycles. The molecule has 0 radical (unpaired) electrons. The number of hydrogen-bond donors (Lipinski definition) is 3. The second-order valence-electron chi connectivity index (χ2n) is 17.2. The summed E-state index contributed by atoms with van der Waals surface area (Å²) < 4.78 is 5.82. The number of unbranched alkanes of at least 4 members (excludes halogenated alkanes) is 20. The number of carbonyl (C=O) groups is 2. The van der Waals surface area contributed by atoms with Crippen molar-refractivity contribution in [2.45, 2.75) is 244 Å². The van der Waals surface area contributed by atoms with Gasteiger partial charge >= 0.3 is 5.97 Å². The van der Waals surface area contributed by atoms with Crippen molar-refractivity contribution < 1.29 is 24.5 Å². The third kappa shape index (κ3) is 45.2. The third-order valence-electron chi connectivity index (χ3n) is 11.2. The van der Waals surface area contributed by atoms with Crippen molar-refractivity contribution in [2.24, 2.45) is 0 Å². The Hall–Kier alpha value is -3.22. The van der Waals surface area contributed by atoms with Crippen molar-refractivity contribution in [3.8, 4) is 0 Å². The third-order valence-corrected chi connectivity index (χ3v) is 11.2. The smallest absolute Gasteiger partial charge is 0.306 e. The second-order valence-corrected chi connectivity index (χ2v) is 17.2. The van der Waals surface area contributed by atoms with E-state index >= 15 is 0 Å². The van der Waals surface area contributed by atoms with Gasteiger partial charge in [-0.25, -0.2) is 0 Å². The number of esters is 1. The highest BCUT2D eigenvalue weighted by Gasteiger charge is 2.23. The quantitative estimate of drug-likeness (QED) is 0.0245. The standard InChI is InChI=1S/C57H97NO5/c1-4-7-10-13-16-19-22-25-27-28-30-31-33-36-39-42-45-48-53(63-57(62)50-47-44-41-38-35-32-29-26-23-20-17-14-11-8-5-2)51-56(61)58-54(52-59)55(60)49-46-43-40-37-34-24-21-18-15-12-9-6-3/h7,10,16-17,19-20,23,25-27,30-31,36,39,45,48,53-55,59-60H,4-6,8-9,11-15,18,21-22,24,28-29,32-35,37-38,40-44,46-47,49-52H2,1-3H3,(H,58,61)/b10-7-,19-16-,20-17+,26-23+,27-25-,31-30-,39-36-,48-45-. The summed E-state index contributed by atoms with van der Waals surface area (Å²) in [5.74, 6) is -0.649. The van der Waals surface area contributed by atoms with Gasteiger partial charge in [0.25, 0.3) is 0 Å². The van der Waals surface area contributed by atoms with Crippen LogP contribution in [0.2, 0.25) is 0 Å². The van der Waals surface area contributed by atoms with Crippen molar-refractivity contribution in [3.05, 3.63) is 97.2 Å². The summed E-state index contributed by atoms with van der Waals surface area (Å²) in [5, 5.41) is 23.7. The van der Waals surface area contributed by atoms with E-state index in [0.717, 1.165) is 83.5 Å². The molecule has 3 atom stereocenters. The van der Waals surface area contributed by atoms with E-state index in [1.807, 2.05) is 6.08 Å². The van der Waals surface area contributed by atoms with E-state index in [4.69, 9.17) is 4.74 Å². The first-order valence-corrected chi connectivity index (χ1v) is 26.0. The average Bonchev–Trinajstić information content (AvgIpc) is 3.28. The Morgan fingerprint density at radius 3 is 1.41 bits per heavy atom. The molecule has 0 heterocycles. The van der Waals surface area contributed by atoms with Crippen LogP contribution in [0.1, 0.15) is 226 Å². The van der Waals surface area contributed by atoms with Gasteiger partial charge in [0.2, 0.25) is 5.91 Å². The van der Waals surface area contributed by atoms with Crippen LogP contribution in [0.25, 0.3) is 0 Å². The fraction of sp³-hybridized carbons (Fsp3) is 0.684. The number of aliphatic hydroxyl groups is 2. The Morgan fingerprint density at radius 2 is 0.921 bits per heavy atom. The van der Waals surface area contributed by atoms with Crippen LogP contribution in [0.15, 0.2) is 97.2 Å². The van der Waals surface area contributed by atoms with Gasteiger partial charge in [0.15, 0.2) is 0 Å². The Balaban J connectivity index is 4.81. The van der Waals surface area contributed by atoms with Crippen molar-refractivity contribution >= 4 is 11.9 Å². The van der Waals surface area contributed by atoms with Gasteiger partial charge in [-0.3, -0.25) is 9.59 Å². The molecule has 0 aliphatic heterocycles. The number of allylic oxidation sites excluding steroid dienone is 15. The molecule has 0 aromatic rings. The summed E-state index contributed by atoms with van der Waals surface area (Å²) >= 11 is 0. The molecule has 360 valence electrons. The summed E-state index contributed by atoms with van der Waals surface area (Å²) in [6, 6.07) is -0.750. The van der Waals surface area contributed by atoms with E-state index in [0.29, 0.717) is 19.3 Å². The molecule has 0 aromatic heterocycles. The topological polar surface area (TPSA) is 95.9 Å². The van der Waals surface area contributed by atoms with Crippen LogP contribution in [0.5, 0.6) is 0 Å². The lowest BCUT2D eigenvalue weighted by atomic mass is 10.0. The maximum Gasteiger partial charge on any atom is 0.306 e. The number of rotatable bonds is 45. The van der Waals surface area contributed by atoms with Crippen LogP contribution in [0.4, 0.5) is 0 Å². The summed E-state index contributed by atoms with van der Waals surface area (Å²) in [6.07, 6.45) is 66.3. The lowest BCUT2D eigenvalue weighted by Crippen LogP contribution is -2.46. The Labute approximate surface area is 388 Å². The first-order valence-electron chi connectivity index (χ1n) is 26.0. The molecule has 3 N–H and O–H groups in total. The lowest BCUT2D eigenvalue weighted by molar-refractivity contribution is -0.148. The minimum absolute atomic E-state index is 0.0567. The first-order chi connectivity index (χ1) is 31.0.